The third-order valence-corrected chi connectivity index (χ3v) is 5.06. The molecule has 114 valence electrons. The minimum Gasteiger partial charge on any atom is -0.319 e. The first-order valence-electron chi connectivity index (χ1n) is 7.19. The van der Waals surface area contributed by atoms with E-state index in [1.54, 1.807) is 0 Å². The van der Waals surface area contributed by atoms with Crippen LogP contribution in [0.3, 0.4) is 0 Å². The number of aryl methyl sites for hydroxylation is 2. The van der Waals surface area contributed by atoms with Gasteiger partial charge in [-0.15, -0.1) is 0 Å². The fraction of sp³-hybridized carbons (Fsp3) is 0.438. The highest BCUT2D eigenvalue weighted by atomic mass is 79.9. The number of hydrogen-bond donors (Lipinski definition) is 1. The quantitative estimate of drug-likeness (QED) is 0.827. The zero-order valence-electron chi connectivity index (χ0n) is 12.7. The fourth-order valence-corrected chi connectivity index (χ4v) is 3.38. The topological polar surface area (TPSA) is 29.9 Å². The molecule has 1 aromatic carbocycles. The summed E-state index contributed by atoms with van der Waals surface area (Å²) < 4.78 is 3.18. The SMILES string of the molecule is CCn1nc(C)c(Br)c1CC(CNC)c1ccccc1Cl. The van der Waals surface area contributed by atoms with E-state index in [0.29, 0.717) is 5.92 Å². The Morgan fingerprint density at radius 2 is 2.10 bits per heavy atom. The molecular weight excluding hydrogens is 350 g/mol. The van der Waals surface area contributed by atoms with Crippen molar-refractivity contribution in [2.45, 2.75) is 32.7 Å². The Hall–Kier alpha value is -0.840. The standard InChI is InChI=1S/C16H21BrClN3/c1-4-21-15(16(17)11(2)20-21)9-12(10-19-3)13-7-5-6-8-14(13)18/h5-8,12,19H,4,9-10H2,1-3H3. The van der Waals surface area contributed by atoms with E-state index >= 15 is 0 Å². The molecule has 0 saturated heterocycles. The largest absolute Gasteiger partial charge is 0.319 e. The first-order valence-corrected chi connectivity index (χ1v) is 8.36. The number of aromatic nitrogens is 2. The van der Waals surface area contributed by atoms with Crippen molar-refractivity contribution in [2.24, 2.45) is 0 Å². The van der Waals surface area contributed by atoms with Crippen LogP contribution in [0, 0.1) is 6.92 Å². The molecule has 1 N–H and O–H groups in total. The molecule has 0 aliphatic carbocycles. The third kappa shape index (κ3) is 3.68. The summed E-state index contributed by atoms with van der Waals surface area (Å²) in [6.45, 7) is 5.90. The van der Waals surface area contributed by atoms with E-state index in [9.17, 15) is 0 Å². The van der Waals surface area contributed by atoms with Gasteiger partial charge in [0.25, 0.3) is 0 Å². The lowest BCUT2D eigenvalue weighted by atomic mass is 9.94. The molecule has 0 spiro atoms. The van der Waals surface area contributed by atoms with Crippen LogP contribution in [0.1, 0.15) is 29.8 Å². The Balaban J connectivity index is 2.35. The molecule has 0 aliphatic heterocycles. The summed E-state index contributed by atoms with van der Waals surface area (Å²) in [5.41, 5.74) is 3.45. The Morgan fingerprint density at radius 3 is 2.71 bits per heavy atom. The van der Waals surface area contributed by atoms with Gasteiger partial charge in [0.1, 0.15) is 0 Å². The molecular formula is C16H21BrClN3. The Kier molecular flexibility index (Phi) is 5.85. The molecule has 2 rings (SSSR count). The van der Waals surface area contributed by atoms with Crippen molar-refractivity contribution in [3.05, 3.63) is 50.7 Å². The molecule has 0 saturated carbocycles. The highest BCUT2D eigenvalue weighted by Crippen LogP contribution is 2.30. The summed E-state index contributed by atoms with van der Waals surface area (Å²) in [6, 6.07) is 8.08. The summed E-state index contributed by atoms with van der Waals surface area (Å²) in [4.78, 5) is 0. The van der Waals surface area contributed by atoms with Crippen molar-refractivity contribution < 1.29 is 0 Å². The number of rotatable bonds is 6. The van der Waals surface area contributed by atoms with Gasteiger partial charge in [-0.3, -0.25) is 4.68 Å². The van der Waals surface area contributed by atoms with Crippen molar-refractivity contribution in [3.63, 3.8) is 0 Å². The fourth-order valence-electron chi connectivity index (χ4n) is 2.64. The van der Waals surface area contributed by atoms with Crippen LogP contribution in [0.2, 0.25) is 5.02 Å². The van der Waals surface area contributed by atoms with Crippen LogP contribution in [-0.4, -0.2) is 23.4 Å². The van der Waals surface area contributed by atoms with E-state index in [1.807, 2.05) is 32.2 Å². The van der Waals surface area contributed by atoms with Gasteiger partial charge < -0.3 is 5.32 Å². The second-order valence-corrected chi connectivity index (χ2v) is 6.34. The highest BCUT2D eigenvalue weighted by molar-refractivity contribution is 9.10. The number of benzene rings is 1. The summed E-state index contributed by atoms with van der Waals surface area (Å²) in [5, 5.41) is 8.68. The van der Waals surface area contributed by atoms with Gasteiger partial charge in [0.05, 0.1) is 15.9 Å². The second-order valence-electron chi connectivity index (χ2n) is 5.14. The van der Waals surface area contributed by atoms with Crippen molar-refractivity contribution in [1.29, 1.82) is 0 Å². The van der Waals surface area contributed by atoms with Crippen LogP contribution in [0.15, 0.2) is 28.7 Å². The monoisotopic (exact) mass is 369 g/mol. The average Bonchev–Trinajstić information content (AvgIpc) is 2.75. The van der Waals surface area contributed by atoms with E-state index in [0.717, 1.165) is 34.7 Å². The first-order chi connectivity index (χ1) is 10.1. The van der Waals surface area contributed by atoms with Crippen LogP contribution in [0.5, 0.6) is 0 Å². The highest BCUT2D eigenvalue weighted by Gasteiger charge is 2.20. The van der Waals surface area contributed by atoms with Gasteiger partial charge in [0.15, 0.2) is 0 Å². The number of nitrogens with zero attached hydrogens (tertiary/aromatic N) is 2. The molecule has 3 nitrogen and oxygen atoms in total. The van der Waals surface area contributed by atoms with Gasteiger partial charge in [-0.05, 0) is 54.9 Å². The lowest BCUT2D eigenvalue weighted by Gasteiger charge is -2.19. The van der Waals surface area contributed by atoms with E-state index in [1.165, 1.54) is 11.3 Å². The lowest BCUT2D eigenvalue weighted by Crippen LogP contribution is -2.21. The van der Waals surface area contributed by atoms with Crippen LogP contribution in [0.25, 0.3) is 0 Å². The zero-order chi connectivity index (χ0) is 15.4. The normalized spacial score (nSPS) is 12.6. The molecule has 2 aromatic rings. The van der Waals surface area contributed by atoms with Crippen LogP contribution < -0.4 is 5.32 Å². The van der Waals surface area contributed by atoms with E-state index in [2.05, 4.69) is 44.0 Å². The number of nitrogens with one attached hydrogen (secondary N) is 1. The summed E-state index contributed by atoms with van der Waals surface area (Å²) in [7, 11) is 1.97. The molecule has 0 amide bonds. The van der Waals surface area contributed by atoms with Crippen molar-refractivity contribution in [3.8, 4) is 0 Å². The minimum atomic E-state index is 0.321. The zero-order valence-corrected chi connectivity index (χ0v) is 15.0. The summed E-state index contributed by atoms with van der Waals surface area (Å²) in [6.07, 6.45) is 0.903. The molecule has 0 fully saturated rings. The van der Waals surface area contributed by atoms with Crippen molar-refractivity contribution in [2.75, 3.05) is 13.6 Å². The number of likely N-dealkylation sites (N-methyl/N-ethyl adjacent to an activating group) is 1. The molecule has 21 heavy (non-hydrogen) atoms. The van der Waals surface area contributed by atoms with Crippen LogP contribution in [0.4, 0.5) is 0 Å². The first kappa shape index (κ1) is 16.5. The predicted octanol–water partition coefficient (Wildman–Crippen LogP) is 4.17. The van der Waals surface area contributed by atoms with Gasteiger partial charge in [0.2, 0.25) is 0 Å². The molecule has 0 bridgehead atoms. The molecule has 0 aliphatic rings. The molecule has 1 aromatic heterocycles. The van der Waals surface area contributed by atoms with E-state index in [4.69, 9.17) is 11.6 Å². The second kappa shape index (κ2) is 7.43. The van der Waals surface area contributed by atoms with E-state index in [-0.39, 0.29) is 0 Å². The van der Waals surface area contributed by atoms with Crippen LogP contribution >= 0.6 is 27.5 Å². The summed E-state index contributed by atoms with van der Waals surface area (Å²) >= 11 is 10.1. The Labute approximate surface area is 139 Å². The van der Waals surface area contributed by atoms with Crippen molar-refractivity contribution >= 4 is 27.5 Å². The maximum atomic E-state index is 6.38. The van der Waals surface area contributed by atoms with Gasteiger partial charge in [-0.1, -0.05) is 29.8 Å². The molecule has 5 heteroatoms. The molecule has 1 atom stereocenters. The molecule has 1 unspecified atom stereocenters. The maximum absolute atomic E-state index is 6.38. The molecule has 1 heterocycles. The lowest BCUT2D eigenvalue weighted by molar-refractivity contribution is 0.562. The van der Waals surface area contributed by atoms with Gasteiger partial charge >= 0.3 is 0 Å². The Morgan fingerprint density at radius 1 is 1.38 bits per heavy atom. The third-order valence-electron chi connectivity index (χ3n) is 3.69. The predicted molar refractivity (Wildman–Crippen MR) is 92.2 cm³/mol. The number of halogens is 2. The maximum Gasteiger partial charge on any atom is 0.0738 e. The number of hydrogen-bond acceptors (Lipinski definition) is 2. The van der Waals surface area contributed by atoms with Crippen LogP contribution in [-0.2, 0) is 13.0 Å². The average molecular weight is 371 g/mol. The Bertz CT molecular complexity index is 610. The van der Waals surface area contributed by atoms with Gasteiger partial charge in [-0.2, -0.15) is 5.10 Å². The smallest absolute Gasteiger partial charge is 0.0738 e. The van der Waals surface area contributed by atoms with E-state index < -0.39 is 0 Å². The molecule has 0 radical (unpaired) electrons. The minimum absolute atomic E-state index is 0.321. The van der Waals surface area contributed by atoms with Gasteiger partial charge in [0, 0.05) is 24.0 Å². The van der Waals surface area contributed by atoms with Gasteiger partial charge in [-0.25, -0.2) is 0 Å². The summed E-state index contributed by atoms with van der Waals surface area (Å²) in [5.74, 6) is 0.321. The van der Waals surface area contributed by atoms with Crippen molar-refractivity contribution in [1.82, 2.24) is 15.1 Å².